The van der Waals surface area contributed by atoms with E-state index in [4.69, 9.17) is 0 Å². The number of halogens is 2. The number of carbonyl (C=O) groups excluding carboxylic acids is 1. The zero-order valence-electron chi connectivity index (χ0n) is 22.5. The summed E-state index contributed by atoms with van der Waals surface area (Å²) in [5.74, 6) is 0.783. The van der Waals surface area contributed by atoms with Crippen LogP contribution in [-0.2, 0) is 17.4 Å². The third kappa shape index (κ3) is 6.58. The molecule has 0 saturated heterocycles. The van der Waals surface area contributed by atoms with Crippen molar-refractivity contribution in [2.24, 2.45) is 5.92 Å². The Balaban J connectivity index is 0.00000241. The molecule has 0 saturated carbocycles. The van der Waals surface area contributed by atoms with Gasteiger partial charge in [0.1, 0.15) is 0 Å². The van der Waals surface area contributed by atoms with Crippen LogP contribution in [0.5, 0.6) is 0 Å². The van der Waals surface area contributed by atoms with Crippen molar-refractivity contribution in [3.8, 4) is 0 Å². The summed E-state index contributed by atoms with van der Waals surface area (Å²) in [6.07, 6.45) is 0. The molecular formula is C31H36Cl2NOSiTi. The van der Waals surface area contributed by atoms with E-state index in [1.54, 1.807) is 3.88 Å². The number of allylic oxidation sites excluding steroid dienone is 4. The first kappa shape index (κ1) is 31.3. The summed E-state index contributed by atoms with van der Waals surface area (Å²) >= 11 is -2.33. The van der Waals surface area contributed by atoms with E-state index in [0.29, 0.717) is 11.8 Å². The van der Waals surface area contributed by atoms with Crippen LogP contribution in [0, 0.1) is 5.92 Å². The molecule has 1 amide bonds. The molecule has 0 fully saturated rings. The normalized spacial score (nSPS) is 15.0. The predicted octanol–water partition coefficient (Wildman–Crippen LogP) is -0.121. The Morgan fingerprint density at radius 3 is 1.73 bits per heavy atom. The second-order valence-corrected chi connectivity index (χ2v) is 19.7. The van der Waals surface area contributed by atoms with E-state index >= 15 is 0 Å². The van der Waals surface area contributed by atoms with Crippen LogP contribution < -0.4 is 39.0 Å². The third-order valence-corrected chi connectivity index (χ3v) is 20.9. The molecular weight excluding hydrogens is 549 g/mol. The zero-order valence-corrected chi connectivity index (χ0v) is 26.7. The Morgan fingerprint density at radius 2 is 1.27 bits per heavy atom. The molecule has 0 aromatic heterocycles. The molecule has 1 aliphatic carbocycles. The maximum absolute atomic E-state index is 14.0. The summed E-state index contributed by atoms with van der Waals surface area (Å²) in [6, 6.07) is 30.1. The number of nitrogens with one attached hydrogen (secondary N) is 1. The Kier molecular flexibility index (Phi) is 11.7. The van der Waals surface area contributed by atoms with Gasteiger partial charge in [-0.25, -0.2) is 0 Å². The molecule has 0 spiro atoms. The molecule has 2 nitrogen and oxygen atoms in total. The quantitative estimate of drug-likeness (QED) is 0.386. The SMILES string of the molecule is CC1=C(C)C(C)[C]([Ti+2]([NH]C(=O)c2ccccc2C(C)C)[SiH](c2ccccc2)c2ccccc2)=C1C.[Cl-].[Cl-]. The van der Waals surface area contributed by atoms with E-state index in [2.05, 4.69) is 112 Å². The number of hydrogen-bond donors (Lipinski definition) is 1. The first-order valence-corrected chi connectivity index (χ1v) is 18.6. The van der Waals surface area contributed by atoms with Gasteiger partial charge in [-0.3, -0.25) is 0 Å². The molecule has 3 aromatic rings. The Hall–Kier alpha value is -1.88. The average Bonchev–Trinajstić information content (AvgIpc) is 3.07. The fourth-order valence-electron chi connectivity index (χ4n) is 5.31. The van der Waals surface area contributed by atoms with E-state index in [1.807, 2.05) is 18.2 Å². The van der Waals surface area contributed by atoms with Gasteiger partial charge in [-0.15, -0.1) is 0 Å². The number of carbonyl (C=O) groups is 1. The molecule has 4 rings (SSSR count). The Morgan fingerprint density at radius 1 is 0.784 bits per heavy atom. The third-order valence-electron chi connectivity index (χ3n) is 7.56. The van der Waals surface area contributed by atoms with Gasteiger partial charge in [-0.2, -0.15) is 0 Å². The van der Waals surface area contributed by atoms with E-state index in [0.717, 1.165) is 11.1 Å². The van der Waals surface area contributed by atoms with Crippen LogP contribution in [-0.4, -0.2) is 12.6 Å². The van der Waals surface area contributed by atoms with Crippen LogP contribution in [0.15, 0.2) is 106 Å². The minimum atomic E-state index is -2.33. The van der Waals surface area contributed by atoms with Crippen molar-refractivity contribution in [1.82, 2.24) is 3.80 Å². The van der Waals surface area contributed by atoms with Gasteiger partial charge in [-0.1, -0.05) is 0 Å². The van der Waals surface area contributed by atoms with Gasteiger partial charge >= 0.3 is 219 Å². The molecule has 0 heterocycles. The minimum Gasteiger partial charge on any atom is -1.00 e. The summed E-state index contributed by atoms with van der Waals surface area (Å²) in [6.45, 7) is 11.7. The molecule has 1 N–H and O–H groups in total. The van der Waals surface area contributed by atoms with Crippen LogP contribution in [0.1, 0.15) is 63.4 Å². The zero-order chi connectivity index (χ0) is 25.1. The fraction of sp³-hybridized carbons (Fsp3) is 0.258. The summed E-state index contributed by atoms with van der Waals surface area (Å²) in [5.41, 5.74) is 6.21. The first-order chi connectivity index (χ1) is 16.8. The summed E-state index contributed by atoms with van der Waals surface area (Å²) < 4.78 is 5.32. The van der Waals surface area contributed by atoms with Gasteiger partial charge in [0, 0.05) is 0 Å². The summed E-state index contributed by atoms with van der Waals surface area (Å²) in [4.78, 5) is 14.0. The van der Waals surface area contributed by atoms with Gasteiger partial charge in [0.25, 0.3) is 0 Å². The smallest absolute Gasteiger partial charge is 1.00 e. The Bertz CT molecular complexity index is 1240. The topological polar surface area (TPSA) is 29.1 Å². The number of benzene rings is 3. The minimum absolute atomic E-state index is 0. The Labute approximate surface area is 242 Å². The van der Waals surface area contributed by atoms with Crippen molar-refractivity contribution < 1.29 is 47.0 Å². The maximum atomic E-state index is 14.0. The predicted molar refractivity (Wildman–Crippen MR) is 148 cm³/mol. The van der Waals surface area contributed by atoms with Crippen molar-refractivity contribution in [3.63, 3.8) is 0 Å². The van der Waals surface area contributed by atoms with Crippen LogP contribution in [0.4, 0.5) is 0 Å². The summed E-state index contributed by atoms with van der Waals surface area (Å²) in [7, 11) is 0. The van der Waals surface area contributed by atoms with E-state index in [9.17, 15) is 4.79 Å². The summed E-state index contributed by atoms with van der Waals surface area (Å²) in [5, 5.41) is 2.83. The largest absolute Gasteiger partial charge is 1.00 e. The van der Waals surface area contributed by atoms with Crippen molar-refractivity contribution in [2.45, 2.75) is 47.5 Å². The standard InChI is InChI=1S/C12H11Si.C10H13NO.C9H13.2ClH.Ti/c1-3-7-11(8-4-1)13-12-9-5-2-6-10-12;1-7(2)8-5-3-4-6-9(8)10(11)12;1-6-5-7(2)9(4)8(6)3;;;/h1-10,13H;3-7H,1-2H3,(H2,11,12);6H,1-4H3;2*1H;/q;;;;;+3/p-3. The van der Waals surface area contributed by atoms with E-state index in [-0.39, 0.29) is 30.7 Å². The molecule has 6 heteroatoms. The van der Waals surface area contributed by atoms with Crippen molar-refractivity contribution in [3.05, 3.63) is 117 Å². The van der Waals surface area contributed by atoms with Crippen LogP contribution in [0.25, 0.3) is 0 Å². The van der Waals surface area contributed by atoms with E-state index < -0.39 is 24.0 Å². The molecule has 1 aliphatic rings. The van der Waals surface area contributed by atoms with Gasteiger partial charge in [0.15, 0.2) is 0 Å². The van der Waals surface area contributed by atoms with Crippen molar-refractivity contribution in [1.29, 1.82) is 0 Å². The average molecular weight is 585 g/mol. The molecule has 37 heavy (non-hydrogen) atoms. The number of hydrogen-bond acceptors (Lipinski definition) is 1. The van der Waals surface area contributed by atoms with Crippen LogP contribution >= 0.6 is 0 Å². The molecule has 3 aromatic carbocycles. The molecule has 1 unspecified atom stereocenters. The van der Waals surface area contributed by atoms with Crippen LogP contribution in [0.2, 0.25) is 0 Å². The van der Waals surface area contributed by atoms with Gasteiger partial charge in [0.2, 0.25) is 0 Å². The first-order valence-electron chi connectivity index (χ1n) is 12.6. The number of amides is 1. The van der Waals surface area contributed by atoms with Crippen molar-refractivity contribution >= 4 is 22.9 Å². The van der Waals surface area contributed by atoms with Gasteiger partial charge < -0.3 is 24.8 Å². The molecule has 1 atom stereocenters. The van der Waals surface area contributed by atoms with Gasteiger partial charge in [-0.05, 0) is 0 Å². The number of rotatable bonds is 7. The van der Waals surface area contributed by atoms with Crippen LogP contribution in [0.3, 0.4) is 0 Å². The van der Waals surface area contributed by atoms with E-state index in [1.165, 1.54) is 27.1 Å². The monoisotopic (exact) mass is 584 g/mol. The molecule has 193 valence electrons. The molecule has 0 bridgehead atoms. The van der Waals surface area contributed by atoms with Crippen molar-refractivity contribution in [2.75, 3.05) is 0 Å². The second kappa shape index (κ2) is 13.8. The maximum Gasteiger partial charge on any atom is -1.00 e. The van der Waals surface area contributed by atoms with Gasteiger partial charge in [0.05, 0.1) is 0 Å². The molecule has 0 radical (unpaired) electrons. The fourth-order valence-corrected chi connectivity index (χ4v) is 20.3. The molecule has 0 aliphatic heterocycles. The second-order valence-electron chi connectivity index (χ2n) is 9.93.